The van der Waals surface area contributed by atoms with E-state index in [1.807, 2.05) is 23.9 Å². The second-order valence-electron chi connectivity index (χ2n) is 6.35. The normalized spacial score (nSPS) is 11.4. The molecule has 0 bridgehead atoms. The summed E-state index contributed by atoms with van der Waals surface area (Å²) in [6.07, 6.45) is 0. The lowest BCUT2D eigenvalue weighted by molar-refractivity contribution is 0.325. The maximum absolute atomic E-state index is 13.1. The minimum Gasteiger partial charge on any atom is -0.493 e. The molecule has 0 atom stereocenters. The fourth-order valence-electron chi connectivity index (χ4n) is 2.97. The Labute approximate surface area is 174 Å². The molecule has 0 aliphatic rings. The monoisotopic (exact) mass is 437 g/mol. The molecule has 10 heteroatoms. The van der Waals surface area contributed by atoms with Crippen LogP contribution in [-0.4, -0.2) is 39.3 Å². The zero-order valence-corrected chi connectivity index (χ0v) is 18.7. The molecule has 29 heavy (non-hydrogen) atoms. The van der Waals surface area contributed by atoms with Gasteiger partial charge in [-0.25, -0.2) is 13.4 Å². The molecule has 2 heterocycles. The van der Waals surface area contributed by atoms with Crippen LogP contribution in [0.3, 0.4) is 0 Å². The van der Waals surface area contributed by atoms with Gasteiger partial charge in [0.2, 0.25) is 5.75 Å². The van der Waals surface area contributed by atoms with E-state index in [9.17, 15) is 8.42 Å². The van der Waals surface area contributed by atoms with E-state index in [1.54, 1.807) is 25.1 Å². The predicted octanol–water partition coefficient (Wildman–Crippen LogP) is 3.59. The van der Waals surface area contributed by atoms with E-state index in [1.165, 1.54) is 32.7 Å². The number of ether oxygens (including phenoxy) is 3. The third-order valence-corrected chi connectivity index (χ3v) is 7.01. The van der Waals surface area contributed by atoms with Gasteiger partial charge in [-0.2, -0.15) is 0 Å². The molecule has 8 nitrogen and oxygen atoms in total. The number of nitrogens with one attached hydrogen (secondary N) is 1. The van der Waals surface area contributed by atoms with Crippen molar-refractivity contribution in [1.29, 1.82) is 0 Å². The Balaban J connectivity index is 2.03. The van der Waals surface area contributed by atoms with Gasteiger partial charge < -0.3 is 18.8 Å². The van der Waals surface area contributed by atoms with Crippen molar-refractivity contribution in [3.05, 3.63) is 35.0 Å². The first kappa shape index (κ1) is 21.0. The highest BCUT2D eigenvalue weighted by molar-refractivity contribution is 7.92. The minimum absolute atomic E-state index is 0.177. The van der Waals surface area contributed by atoms with Crippen LogP contribution in [0.5, 0.6) is 17.2 Å². The maximum Gasteiger partial charge on any atom is 0.263 e. The van der Waals surface area contributed by atoms with Gasteiger partial charge in [-0.15, -0.1) is 11.3 Å². The van der Waals surface area contributed by atoms with Crippen molar-refractivity contribution < 1.29 is 22.6 Å². The second-order valence-corrected chi connectivity index (χ2v) is 8.86. The van der Waals surface area contributed by atoms with Crippen molar-refractivity contribution in [3.63, 3.8) is 0 Å². The van der Waals surface area contributed by atoms with Crippen LogP contribution in [0, 0.1) is 13.8 Å². The van der Waals surface area contributed by atoms with Gasteiger partial charge in [-0.05, 0) is 19.9 Å². The third kappa shape index (κ3) is 3.90. The summed E-state index contributed by atoms with van der Waals surface area (Å²) in [6.45, 7) is 3.66. The number of sulfonamides is 1. The van der Waals surface area contributed by atoms with Gasteiger partial charge in [-0.1, -0.05) is 0 Å². The van der Waals surface area contributed by atoms with Crippen molar-refractivity contribution in [1.82, 2.24) is 9.55 Å². The van der Waals surface area contributed by atoms with Crippen molar-refractivity contribution in [2.24, 2.45) is 7.05 Å². The number of hydrogen-bond donors (Lipinski definition) is 1. The van der Waals surface area contributed by atoms with E-state index in [0.29, 0.717) is 28.6 Å². The van der Waals surface area contributed by atoms with Gasteiger partial charge >= 0.3 is 0 Å². The number of benzene rings is 1. The number of hydrogen-bond acceptors (Lipinski definition) is 7. The lowest BCUT2D eigenvalue weighted by Gasteiger charge is -2.15. The van der Waals surface area contributed by atoms with E-state index in [2.05, 4.69) is 9.71 Å². The summed E-state index contributed by atoms with van der Waals surface area (Å²) in [5, 5.41) is 2.70. The van der Waals surface area contributed by atoms with E-state index in [-0.39, 0.29) is 4.90 Å². The van der Waals surface area contributed by atoms with E-state index >= 15 is 0 Å². The summed E-state index contributed by atoms with van der Waals surface area (Å²) >= 11 is 1.47. The molecule has 2 aromatic heterocycles. The molecule has 0 unspecified atom stereocenters. The standard InChI is InChI=1S/C19H23N3O5S2/c1-11-10-28-19(20-11)14-9-17(12(2)22(14)3)29(23,24)21-13-7-15(25-4)18(27-6)16(8-13)26-5/h7-10,21H,1-6H3. The Kier molecular flexibility index (Phi) is 5.76. The molecule has 0 amide bonds. The Hall–Kier alpha value is -2.72. The molecule has 1 N–H and O–H groups in total. The van der Waals surface area contributed by atoms with Crippen LogP contribution < -0.4 is 18.9 Å². The third-order valence-electron chi connectivity index (χ3n) is 4.53. The van der Waals surface area contributed by atoms with Crippen LogP contribution >= 0.6 is 11.3 Å². The quantitative estimate of drug-likeness (QED) is 0.607. The molecule has 0 fully saturated rings. The summed E-state index contributed by atoms with van der Waals surface area (Å²) in [4.78, 5) is 4.64. The summed E-state index contributed by atoms with van der Waals surface area (Å²) in [7, 11) is 2.39. The number of aryl methyl sites for hydroxylation is 1. The van der Waals surface area contributed by atoms with Gasteiger partial charge in [0.25, 0.3) is 10.0 Å². The number of rotatable bonds is 7. The largest absolute Gasteiger partial charge is 0.493 e. The highest BCUT2D eigenvalue weighted by Crippen LogP contribution is 2.40. The maximum atomic E-state index is 13.1. The summed E-state index contributed by atoms with van der Waals surface area (Å²) in [5.74, 6) is 1.09. The van der Waals surface area contributed by atoms with Crippen molar-refractivity contribution in [3.8, 4) is 28.0 Å². The van der Waals surface area contributed by atoms with Gasteiger partial charge in [0.1, 0.15) is 9.90 Å². The van der Waals surface area contributed by atoms with Crippen LogP contribution in [0.25, 0.3) is 10.7 Å². The molecule has 1 aromatic carbocycles. The Morgan fingerprint density at radius 3 is 2.14 bits per heavy atom. The predicted molar refractivity (Wildman–Crippen MR) is 113 cm³/mol. The number of thiazole rings is 1. The summed E-state index contributed by atoms with van der Waals surface area (Å²) in [6, 6.07) is 4.72. The highest BCUT2D eigenvalue weighted by Gasteiger charge is 2.24. The first-order valence-corrected chi connectivity index (χ1v) is 11.0. The average molecular weight is 438 g/mol. The van der Waals surface area contributed by atoms with Gasteiger partial charge in [0.15, 0.2) is 11.5 Å². The van der Waals surface area contributed by atoms with Crippen LogP contribution in [0.15, 0.2) is 28.5 Å². The molecule has 0 spiro atoms. The topological polar surface area (TPSA) is 91.7 Å². The molecule has 3 rings (SSSR count). The van der Waals surface area contributed by atoms with Gasteiger partial charge in [-0.3, -0.25) is 4.72 Å². The lowest BCUT2D eigenvalue weighted by atomic mass is 10.2. The number of nitrogens with zero attached hydrogens (tertiary/aromatic N) is 2. The molecular weight excluding hydrogens is 414 g/mol. The van der Waals surface area contributed by atoms with E-state index < -0.39 is 10.0 Å². The first-order chi connectivity index (χ1) is 13.7. The number of anilines is 1. The van der Waals surface area contributed by atoms with Crippen LogP contribution in [-0.2, 0) is 17.1 Å². The molecule has 0 saturated carbocycles. The zero-order chi connectivity index (χ0) is 21.3. The van der Waals surface area contributed by atoms with E-state index in [4.69, 9.17) is 14.2 Å². The summed E-state index contributed by atoms with van der Waals surface area (Å²) in [5.41, 5.74) is 2.54. The van der Waals surface area contributed by atoms with Crippen LogP contribution in [0.1, 0.15) is 11.4 Å². The molecule has 3 aromatic rings. The average Bonchev–Trinajstić information content (AvgIpc) is 3.24. The Morgan fingerprint density at radius 2 is 1.66 bits per heavy atom. The molecular formula is C19H23N3O5S2. The van der Waals surface area contributed by atoms with E-state index in [0.717, 1.165) is 16.4 Å². The zero-order valence-electron chi connectivity index (χ0n) is 17.1. The number of aromatic nitrogens is 2. The van der Waals surface area contributed by atoms with Gasteiger partial charge in [0.05, 0.1) is 32.7 Å². The molecule has 0 radical (unpaired) electrons. The van der Waals surface area contributed by atoms with Crippen LogP contribution in [0.4, 0.5) is 5.69 Å². The fraction of sp³-hybridized carbons (Fsp3) is 0.316. The Morgan fingerprint density at radius 1 is 1.03 bits per heavy atom. The molecule has 156 valence electrons. The summed E-state index contributed by atoms with van der Waals surface area (Å²) < 4.78 is 46.5. The number of methoxy groups -OCH3 is 3. The molecule has 0 saturated heterocycles. The minimum atomic E-state index is -3.86. The van der Waals surface area contributed by atoms with Crippen molar-refractivity contribution in [2.75, 3.05) is 26.1 Å². The lowest BCUT2D eigenvalue weighted by Crippen LogP contribution is -2.14. The molecule has 0 aliphatic heterocycles. The second kappa shape index (κ2) is 7.96. The smallest absolute Gasteiger partial charge is 0.263 e. The molecule has 0 aliphatic carbocycles. The van der Waals surface area contributed by atoms with Crippen LogP contribution in [0.2, 0.25) is 0 Å². The first-order valence-electron chi connectivity index (χ1n) is 8.63. The fourth-order valence-corrected chi connectivity index (χ4v) is 5.15. The van der Waals surface area contributed by atoms with Crippen molar-refractivity contribution in [2.45, 2.75) is 18.7 Å². The highest BCUT2D eigenvalue weighted by atomic mass is 32.2. The van der Waals surface area contributed by atoms with Crippen molar-refractivity contribution >= 4 is 27.0 Å². The Bertz CT molecular complexity index is 1120. The SMILES string of the molecule is COc1cc(NS(=O)(=O)c2cc(-c3nc(C)cs3)n(C)c2C)cc(OC)c1OC. The van der Waals surface area contributed by atoms with Gasteiger partial charge in [0, 0.05) is 35.9 Å².